The van der Waals surface area contributed by atoms with Crippen LogP contribution in [0.2, 0.25) is 10.0 Å². The number of hydrogen-bond donors (Lipinski definition) is 1. The number of rotatable bonds is 3. The Kier molecular flexibility index (Phi) is 5.71. The average molecular weight is 318 g/mol. The van der Waals surface area contributed by atoms with Gasteiger partial charge in [-0.15, -0.1) is 0 Å². The first-order valence-electron chi connectivity index (χ1n) is 7.39. The maximum absolute atomic E-state index is 13.6. The van der Waals surface area contributed by atoms with Gasteiger partial charge in [0.2, 0.25) is 0 Å². The molecule has 1 saturated carbocycles. The molecule has 0 aliphatic heterocycles. The average Bonchev–Trinajstić information content (AvgIpc) is 2.59. The topological polar surface area (TPSA) is 12.0 Å². The Balaban J connectivity index is 2.11. The Morgan fingerprint density at radius 2 is 1.85 bits per heavy atom. The molecule has 3 atom stereocenters. The minimum atomic E-state index is -0.409. The lowest BCUT2D eigenvalue weighted by atomic mass is 9.95. The van der Waals surface area contributed by atoms with Crippen LogP contribution in [0.3, 0.4) is 0 Å². The first-order valence-corrected chi connectivity index (χ1v) is 8.15. The van der Waals surface area contributed by atoms with Crippen LogP contribution < -0.4 is 5.32 Å². The van der Waals surface area contributed by atoms with Gasteiger partial charge in [0.15, 0.2) is 0 Å². The van der Waals surface area contributed by atoms with Gasteiger partial charge >= 0.3 is 0 Å². The van der Waals surface area contributed by atoms with Crippen LogP contribution in [0.15, 0.2) is 12.1 Å². The van der Waals surface area contributed by atoms with Crippen molar-refractivity contribution in [2.75, 3.05) is 0 Å². The maximum atomic E-state index is 13.6. The summed E-state index contributed by atoms with van der Waals surface area (Å²) in [6.07, 6.45) is 6.32. The molecule has 1 nitrogen and oxygen atoms in total. The monoisotopic (exact) mass is 317 g/mol. The first kappa shape index (κ1) is 16.1. The molecule has 0 aromatic heterocycles. The van der Waals surface area contributed by atoms with E-state index in [9.17, 15) is 4.39 Å². The highest BCUT2D eigenvalue weighted by Crippen LogP contribution is 2.31. The highest BCUT2D eigenvalue weighted by Gasteiger charge is 2.23. The molecule has 0 heterocycles. The summed E-state index contributed by atoms with van der Waals surface area (Å²) in [6, 6.07) is 3.44. The fraction of sp³-hybridized carbons (Fsp3) is 0.625. The highest BCUT2D eigenvalue weighted by atomic mass is 35.5. The third kappa shape index (κ3) is 3.87. The van der Waals surface area contributed by atoms with Crippen LogP contribution in [0.5, 0.6) is 0 Å². The number of nitrogens with one attached hydrogen (secondary N) is 1. The van der Waals surface area contributed by atoms with E-state index in [1.165, 1.54) is 44.2 Å². The van der Waals surface area contributed by atoms with Crippen molar-refractivity contribution in [2.24, 2.45) is 5.92 Å². The zero-order chi connectivity index (χ0) is 14.7. The van der Waals surface area contributed by atoms with Crippen molar-refractivity contribution in [1.82, 2.24) is 5.32 Å². The van der Waals surface area contributed by atoms with Crippen molar-refractivity contribution in [3.05, 3.63) is 33.6 Å². The molecule has 0 saturated heterocycles. The van der Waals surface area contributed by atoms with E-state index in [2.05, 4.69) is 12.2 Å². The summed E-state index contributed by atoms with van der Waals surface area (Å²) in [7, 11) is 0. The Bertz CT molecular complexity index is 464. The second kappa shape index (κ2) is 7.11. The van der Waals surface area contributed by atoms with Gasteiger partial charge in [-0.3, -0.25) is 0 Å². The predicted molar refractivity (Wildman–Crippen MR) is 84.0 cm³/mol. The van der Waals surface area contributed by atoms with Crippen LogP contribution in [0.25, 0.3) is 0 Å². The van der Waals surface area contributed by atoms with Crippen LogP contribution in [0.1, 0.15) is 57.6 Å². The van der Waals surface area contributed by atoms with E-state index < -0.39 is 5.82 Å². The number of halogens is 3. The summed E-state index contributed by atoms with van der Waals surface area (Å²) in [5, 5.41) is 4.22. The summed E-state index contributed by atoms with van der Waals surface area (Å²) in [5.41, 5.74) is 0.782. The summed E-state index contributed by atoms with van der Waals surface area (Å²) >= 11 is 11.9. The molecule has 0 bridgehead atoms. The normalized spacial score (nSPS) is 25.2. The Morgan fingerprint density at radius 1 is 1.15 bits per heavy atom. The largest absolute Gasteiger partial charge is 0.307 e. The quantitative estimate of drug-likeness (QED) is 0.552. The molecule has 2 rings (SSSR count). The van der Waals surface area contributed by atoms with E-state index in [1.807, 2.05) is 6.92 Å². The second-order valence-corrected chi connectivity index (χ2v) is 6.71. The first-order chi connectivity index (χ1) is 9.49. The molecule has 0 amide bonds. The van der Waals surface area contributed by atoms with E-state index >= 15 is 0 Å². The molecule has 3 unspecified atom stereocenters. The molecule has 1 aromatic carbocycles. The van der Waals surface area contributed by atoms with Gasteiger partial charge in [0.05, 0.1) is 5.02 Å². The Hall–Kier alpha value is -0.310. The second-order valence-electron chi connectivity index (χ2n) is 5.90. The van der Waals surface area contributed by atoms with E-state index in [0.29, 0.717) is 17.0 Å². The third-order valence-electron chi connectivity index (χ3n) is 4.33. The standard InChI is InChI=1S/C16H22Cl2FN/c1-10-6-4-3-5-7-16(10)20-11(2)12-8-15(19)14(18)9-13(12)17/h8-11,16,20H,3-7H2,1-2H3. The van der Waals surface area contributed by atoms with Crippen molar-refractivity contribution in [1.29, 1.82) is 0 Å². The number of benzene rings is 1. The van der Waals surface area contributed by atoms with Gasteiger partial charge in [0, 0.05) is 17.1 Å². The molecule has 1 aromatic rings. The van der Waals surface area contributed by atoms with Gasteiger partial charge in [-0.2, -0.15) is 0 Å². The lowest BCUT2D eigenvalue weighted by Gasteiger charge is -2.27. The summed E-state index contributed by atoms with van der Waals surface area (Å²) in [4.78, 5) is 0. The summed E-state index contributed by atoms with van der Waals surface area (Å²) in [6.45, 7) is 4.33. The van der Waals surface area contributed by atoms with E-state index in [-0.39, 0.29) is 11.1 Å². The smallest absolute Gasteiger partial charge is 0.142 e. The molecular weight excluding hydrogens is 296 g/mol. The van der Waals surface area contributed by atoms with Crippen LogP contribution in [0.4, 0.5) is 4.39 Å². The molecular formula is C16H22Cl2FN. The van der Waals surface area contributed by atoms with E-state index in [4.69, 9.17) is 23.2 Å². The Morgan fingerprint density at radius 3 is 2.60 bits per heavy atom. The zero-order valence-corrected chi connectivity index (χ0v) is 13.6. The fourth-order valence-electron chi connectivity index (χ4n) is 3.02. The highest BCUT2D eigenvalue weighted by molar-refractivity contribution is 6.35. The molecule has 1 fully saturated rings. The molecule has 1 N–H and O–H groups in total. The number of hydrogen-bond acceptors (Lipinski definition) is 1. The van der Waals surface area contributed by atoms with Gasteiger partial charge in [-0.05, 0) is 43.4 Å². The van der Waals surface area contributed by atoms with Crippen molar-refractivity contribution in [3.63, 3.8) is 0 Å². The molecule has 0 radical (unpaired) electrons. The lowest BCUT2D eigenvalue weighted by molar-refractivity contribution is 0.330. The van der Waals surface area contributed by atoms with Gasteiger partial charge in [0.25, 0.3) is 0 Å². The fourth-order valence-corrected chi connectivity index (χ4v) is 3.57. The van der Waals surface area contributed by atoms with Crippen LogP contribution in [-0.2, 0) is 0 Å². The molecule has 112 valence electrons. The van der Waals surface area contributed by atoms with Crippen molar-refractivity contribution >= 4 is 23.2 Å². The van der Waals surface area contributed by atoms with Crippen LogP contribution in [0, 0.1) is 11.7 Å². The van der Waals surface area contributed by atoms with Crippen LogP contribution in [-0.4, -0.2) is 6.04 Å². The van der Waals surface area contributed by atoms with Gasteiger partial charge in [-0.1, -0.05) is 49.4 Å². The Labute approximate surface area is 130 Å². The van der Waals surface area contributed by atoms with Crippen molar-refractivity contribution in [3.8, 4) is 0 Å². The minimum Gasteiger partial charge on any atom is -0.307 e. The van der Waals surface area contributed by atoms with Gasteiger partial charge < -0.3 is 5.32 Å². The molecule has 4 heteroatoms. The van der Waals surface area contributed by atoms with Gasteiger partial charge in [-0.25, -0.2) is 4.39 Å². The molecule has 1 aliphatic rings. The van der Waals surface area contributed by atoms with E-state index in [0.717, 1.165) is 5.56 Å². The molecule has 20 heavy (non-hydrogen) atoms. The predicted octanol–water partition coefficient (Wildman–Crippen LogP) is 5.75. The third-order valence-corrected chi connectivity index (χ3v) is 4.95. The molecule has 1 aliphatic carbocycles. The summed E-state index contributed by atoms with van der Waals surface area (Å²) in [5.74, 6) is 0.240. The zero-order valence-electron chi connectivity index (χ0n) is 12.1. The SMILES string of the molecule is CC(NC1CCCCCC1C)c1cc(F)c(Cl)cc1Cl. The minimum absolute atomic E-state index is 0.0276. The summed E-state index contributed by atoms with van der Waals surface area (Å²) < 4.78 is 13.6. The maximum Gasteiger partial charge on any atom is 0.142 e. The van der Waals surface area contributed by atoms with E-state index in [1.54, 1.807) is 0 Å². The molecule has 0 spiro atoms. The lowest BCUT2D eigenvalue weighted by Crippen LogP contribution is -2.36. The van der Waals surface area contributed by atoms with Crippen molar-refractivity contribution < 1.29 is 4.39 Å². The van der Waals surface area contributed by atoms with Crippen LogP contribution >= 0.6 is 23.2 Å². The van der Waals surface area contributed by atoms with Crippen molar-refractivity contribution in [2.45, 2.75) is 58.0 Å². The van der Waals surface area contributed by atoms with Gasteiger partial charge in [0.1, 0.15) is 5.82 Å².